The largest absolute Gasteiger partial charge is 0.355 e. The molecule has 0 spiro atoms. The number of piperazine rings is 1. The highest BCUT2D eigenvalue weighted by Gasteiger charge is 2.33. The molecule has 7 nitrogen and oxygen atoms in total. The number of thiocarbonyl (C=S) groups is 1. The lowest BCUT2D eigenvalue weighted by molar-refractivity contribution is -0.122. The molecule has 0 radical (unpaired) electrons. The second-order valence-corrected chi connectivity index (χ2v) is 11.5. The first-order chi connectivity index (χ1) is 17.9. The maximum absolute atomic E-state index is 13.4. The number of nitrogens with zero attached hydrogens (tertiary/aromatic N) is 5. The summed E-state index contributed by atoms with van der Waals surface area (Å²) in [6.45, 7) is 13.9. The summed E-state index contributed by atoms with van der Waals surface area (Å²) in [6.07, 6.45) is 9.26. The quantitative estimate of drug-likeness (QED) is 0.205. The van der Waals surface area contributed by atoms with Crippen LogP contribution in [0.1, 0.15) is 82.4 Å². The van der Waals surface area contributed by atoms with E-state index in [1.807, 2.05) is 13.0 Å². The van der Waals surface area contributed by atoms with Crippen molar-refractivity contribution >= 4 is 46.1 Å². The molecule has 3 rings (SSSR count). The maximum Gasteiger partial charge on any atom is 0.270 e. The molecular formula is C28H41N5O2S2. The zero-order chi connectivity index (χ0) is 26.9. The number of unbranched alkanes of at least 4 members (excludes halogenated alkanes) is 5. The van der Waals surface area contributed by atoms with Crippen molar-refractivity contribution in [2.45, 2.75) is 79.2 Å². The predicted molar refractivity (Wildman–Crippen MR) is 158 cm³/mol. The van der Waals surface area contributed by atoms with Gasteiger partial charge >= 0.3 is 0 Å². The highest BCUT2D eigenvalue weighted by Crippen LogP contribution is 2.36. The van der Waals surface area contributed by atoms with Gasteiger partial charge in [-0.3, -0.25) is 19.1 Å². The molecule has 1 aromatic rings. The lowest BCUT2D eigenvalue weighted by Crippen LogP contribution is -2.48. The number of likely N-dealkylation sites (N-methyl/N-ethyl adjacent to an activating group) is 1. The number of amides is 1. The van der Waals surface area contributed by atoms with Crippen LogP contribution in [-0.2, 0) is 11.3 Å². The number of anilines is 1. The van der Waals surface area contributed by atoms with Crippen molar-refractivity contribution in [3.8, 4) is 6.07 Å². The Labute approximate surface area is 231 Å². The molecule has 2 aliphatic rings. The Morgan fingerprint density at radius 2 is 1.65 bits per heavy atom. The third-order valence-corrected chi connectivity index (χ3v) is 8.71. The second kappa shape index (κ2) is 14.1. The van der Waals surface area contributed by atoms with E-state index in [0.717, 1.165) is 69.8 Å². The van der Waals surface area contributed by atoms with Gasteiger partial charge in [-0.15, -0.1) is 0 Å². The minimum atomic E-state index is -0.238. The molecule has 2 aliphatic heterocycles. The van der Waals surface area contributed by atoms with Gasteiger partial charge in [0, 0.05) is 44.8 Å². The van der Waals surface area contributed by atoms with Gasteiger partial charge in [0.25, 0.3) is 11.5 Å². The fraction of sp³-hybridized carbons (Fsp3) is 0.643. The minimum Gasteiger partial charge on any atom is -0.355 e. The average molecular weight is 544 g/mol. The monoisotopic (exact) mass is 543 g/mol. The van der Waals surface area contributed by atoms with E-state index in [1.165, 1.54) is 31.0 Å². The Morgan fingerprint density at radius 3 is 2.27 bits per heavy atom. The third-order valence-electron chi connectivity index (χ3n) is 7.34. The summed E-state index contributed by atoms with van der Waals surface area (Å²) in [5.41, 5.74) is 1.35. The Morgan fingerprint density at radius 1 is 0.973 bits per heavy atom. The first-order valence-corrected chi connectivity index (χ1v) is 15.0. The molecule has 37 heavy (non-hydrogen) atoms. The second-order valence-electron chi connectivity index (χ2n) is 9.83. The van der Waals surface area contributed by atoms with Gasteiger partial charge in [0.05, 0.1) is 4.91 Å². The molecule has 9 heteroatoms. The van der Waals surface area contributed by atoms with Crippen LogP contribution in [0.3, 0.4) is 0 Å². The number of nitriles is 1. The lowest BCUT2D eigenvalue weighted by Gasteiger charge is -2.37. The molecule has 0 atom stereocenters. The zero-order valence-corrected chi connectivity index (χ0v) is 24.5. The first-order valence-electron chi connectivity index (χ1n) is 13.8. The number of hydrogen-bond acceptors (Lipinski definition) is 7. The summed E-state index contributed by atoms with van der Waals surface area (Å²) in [4.78, 5) is 33.8. The molecule has 0 aliphatic carbocycles. The Kier molecular flexibility index (Phi) is 11.2. The van der Waals surface area contributed by atoms with Gasteiger partial charge in [-0.25, -0.2) is 0 Å². The van der Waals surface area contributed by atoms with Gasteiger partial charge in [-0.2, -0.15) is 5.26 Å². The van der Waals surface area contributed by atoms with E-state index in [-0.39, 0.29) is 17.0 Å². The number of rotatable bonds is 12. The van der Waals surface area contributed by atoms with Crippen LogP contribution >= 0.6 is 24.0 Å². The molecule has 1 amide bonds. The lowest BCUT2D eigenvalue weighted by atomic mass is 10.0. The minimum absolute atomic E-state index is 0.0727. The number of pyridine rings is 1. The van der Waals surface area contributed by atoms with Crippen LogP contribution in [0.4, 0.5) is 5.82 Å². The molecule has 0 unspecified atom stereocenters. The average Bonchev–Trinajstić information content (AvgIpc) is 3.17. The van der Waals surface area contributed by atoms with Crippen molar-refractivity contribution in [2.75, 3.05) is 44.2 Å². The van der Waals surface area contributed by atoms with Gasteiger partial charge in [-0.1, -0.05) is 76.9 Å². The van der Waals surface area contributed by atoms with Crippen LogP contribution in [0.25, 0.3) is 6.08 Å². The van der Waals surface area contributed by atoms with Crippen molar-refractivity contribution in [1.82, 2.24) is 14.4 Å². The van der Waals surface area contributed by atoms with Crippen molar-refractivity contribution in [3.63, 3.8) is 0 Å². The summed E-state index contributed by atoms with van der Waals surface area (Å²) in [6, 6.07) is 2.15. The summed E-state index contributed by atoms with van der Waals surface area (Å²) in [5.74, 6) is 0.756. The standard InChI is InChI=1S/C28H41N5O2S2/c1-5-8-10-11-12-14-33-27(35)24(37-28(33)36)19-22-21(4)23(20-29)26(34)32(13-9-6-2)25(22)31-17-15-30(7-3)16-18-31/h19H,5-18H2,1-4H3/b24-19-. The fourth-order valence-electron chi connectivity index (χ4n) is 4.98. The van der Waals surface area contributed by atoms with E-state index in [4.69, 9.17) is 12.2 Å². The number of aromatic nitrogens is 1. The van der Waals surface area contributed by atoms with Gasteiger partial charge < -0.3 is 9.80 Å². The highest BCUT2D eigenvalue weighted by atomic mass is 32.2. The molecule has 0 N–H and O–H groups in total. The SMILES string of the molecule is CCCCCCCN1C(=O)/C(=C/c2c(C)c(C#N)c(=O)n(CCCC)c2N2CCN(CC)CC2)SC1=S. The van der Waals surface area contributed by atoms with Crippen molar-refractivity contribution in [2.24, 2.45) is 0 Å². The Balaban J connectivity index is 2.03. The molecule has 2 fully saturated rings. The number of carbonyl (C=O) groups is 1. The van der Waals surface area contributed by atoms with Crippen LogP contribution in [-0.4, -0.2) is 63.9 Å². The Bertz CT molecular complexity index is 1110. The number of carbonyl (C=O) groups excluding carboxylic acids is 1. The van der Waals surface area contributed by atoms with Crippen molar-refractivity contribution < 1.29 is 4.79 Å². The van der Waals surface area contributed by atoms with Gasteiger partial charge in [0.1, 0.15) is 21.8 Å². The summed E-state index contributed by atoms with van der Waals surface area (Å²) < 4.78 is 2.36. The first kappa shape index (κ1) is 29.4. The summed E-state index contributed by atoms with van der Waals surface area (Å²) >= 11 is 6.91. The molecule has 1 aromatic heterocycles. The molecule has 3 heterocycles. The molecule has 202 valence electrons. The van der Waals surface area contributed by atoms with Crippen LogP contribution in [0.2, 0.25) is 0 Å². The van der Waals surface area contributed by atoms with Crippen LogP contribution in [0.15, 0.2) is 9.70 Å². The summed E-state index contributed by atoms with van der Waals surface area (Å²) in [5, 5.41) is 9.89. The zero-order valence-electron chi connectivity index (χ0n) is 22.8. The van der Waals surface area contributed by atoms with E-state index in [9.17, 15) is 14.9 Å². The molecule has 0 aromatic carbocycles. The number of hydrogen-bond donors (Lipinski definition) is 0. The third kappa shape index (κ3) is 6.84. The number of thioether (sulfide) groups is 1. The van der Waals surface area contributed by atoms with Crippen LogP contribution in [0.5, 0.6) is 0 Å². The smallest absolute Gasteiger partial charge is 0.270 e. The summed E-state index contributed by atoms with van der Waals surface area (Å²) in [7, 11) is 0. The van der Waals surface area contributed by atoms with Gasteiger partial charge in [0.2, 0.25) is 0 Å². The molecule has 0 saturated carbocycles. The topological polar surface area (TPSA) is 72.6 Å². The maximum atomic E-state index is 13.4. The molecule has 0 bridgehead atoms. The molecular weight excluding hydrogens is 502 g/mol. The van der Waals surface area contributed by atoms with Crippen molar-refractivity contribution in [1.29, 1.82) is 5.26 Å². The van der Waals surface area contributed by atoms with Crippen LogP contribution in [0, 0.1) is 18.3 Å². The Hall–Kier alpha value is -2.15. The predicted octanol–water partition coefficient (Wildman–Crippen LogP) is 5.14. The van der Waals surface area contributed by atoms with Crippen molar-refractivity contribution in [3.05, 3.63) is 31.9 Å². The van der Waals surface area contributed by atoms with E-state index >= 15 is 0 Å². The van der Waals surface area contributed by atoms with E-state index in [1.54, 1.807) is 9.47 Å². The van der Waals surface area contributed by atoms with Gasteiger partial charge in [-0.05, 0) is 37.9 Å². The van der Waals surface area contributed by atoms with E-state index in [2.05, 4.69) is 36.6 Å². The fourth-order valence-corrected chi connectivity index (χ4v) is 6.27. The van der Waals surface area contributed by atoms with Gasteiger partial charge in [0.15, 0.2) is 0 Å². The van der Waals surface area contributed by atoms with E-state index < -0.39 is 0 Å². The normalized spacial score (nSPS) is 17.8. The highest BCUT2D eigenvalue weighted by molar-refractivity contribution is 8.26. The molecule has 2 saturated heterocycles. The van der Waals surface area contributed by atoms with Crippen LogP contribution < -0.4 is 10.5 Å². The van der Waals surface area contributed by atoms with E-state index in [0.29, 0.717) is 27.9 Å².